The van der Waals surface area contributed by atoms with Gasteiger partial charge >= 0.3 is 0 Å². The molecule has 1 aromatic carbocycles. The quantitative estimate of drug-likeness (QED) is 0.862. The van der Waals surface area contributed by atoms with Gasteiger partial charge in [0, 0.05) is 19.0 Å². The van der Waals surface area contributed by atoms with Crippen LogP contribution in [0.25, 0.3) is 0 Å². The summed E-state index contributed by atoms with van der Waals surface area (Å²) in [6.07, 6.45) is 8.27. The third kappa shape index (κ3) is 5.23. The molecular formula is C20H28N2O3. The number of benzene rings is 1. The zero-order chi connectivity index (χ0) is 17.5. The van der Waals surface area contributed by atoms with Crippen molar-refractivity contribution in [1.29, 1.82) is 0 Å². The van der Waals surface area contributed by atoms with E-state index in [0.29, 0.717) is 12.6 Å². The predicted molar refractivity (Wildman–Crippen MR) is 97.3 cm³/mol. The van der Waals surface area contributed by atoms with Gasteiger partial charge in [0.1, 0.15) is 11.9 Å². The molecule has 0 radical (unpaired) electrons. The standard InChI is InChI=1S/C20H28N2O3/c1-24-18-7-5-16(6-8-18)14-21-20(23)17-9-11-22(12-10-17)15-19-4-2-3-13-25-19/h3,5-8,13,17,19H,2,4,9-12,14-15H2,1H3,(H,21,23)/t19-/m0/s1. The fourth-order valence-corrected chi connectivity index (χ4v) is 3.46. The predicted octanol–water partition coefficient (Wildman–Crippen LogP) is 2.72. The van der Waals surface area contributed by atoms with Crippen LogP contribution in [0.3, 0.4) is 0 Å². The largest absolute Gasteiger partial charge is 0.497 e. The van der Waals surface area contributed by atoms with Crippen LogP contribution in [0.1, 0.15) is 31.2 Å². The molecule has 136 valence electrons. The van der Waals surface area contributed by atoms with Crippen molar-refractivity contribution in [1.82, 2.24) is 10.2 Å². The third-order valence-electron chi connectivity index (χ3n) is 5.07. The SMILES string of the molecule is COc1ccc(CNC(=O)C2CCN(C[C@@H]3CCC=CO3)CC2)cc1. The molecule has 5 nitrogen and oxygen atoms in total. The van der Waals surface area contributed by atoms with Crippen LogP contribution in [0.5, 0.6) is 5.75 Å². The normalized spacial score (nSPS) is 21.6. The molecular weight excluding hydrogens is 316 g/mol. The van der Waals surface area contributed by atoms with Gasteiger partial charge < -0.3 is 14.8 Å². The van der Waals surface area contributed by atoms with E-state index in [0.717, 1.165) is 56.6 Å². The molecule has 1 amide bonds. The van der Waals surface area contributed by atoms with Gasteiger partial charge in [-0.25, -0.2) is 0 Å². The number of nitrogens with zero attached hydrogens (tertiary/aromatic N) is 1. The van der Waals surface area contributed by atoms with Gasteiger partial charge in [0.2, 0.25) is 5.91 Å². The first-order valence-corrected chi connectivity index (χ1v) is 9.18. The number of ether oxygens (including phenoxy) is 2. The monoisotopic (exact) mass is 344 g/mol. The molecule has 0 aromatic heterocycles. The van der Waals surface area contributed by atoms with Crippen LogP contribution in [0.2, 0.25) is 0 Å². The third-order valence-corrected chi connectivity index (χ3v) is 5.07. The molecule has 0 saturated carbocycles. The number of nitrogens with one attached hydrogen (secondary N) is 1. The van der Waals surface area contributed by atoms with Gasteiger partial charge in [-0.15, -0.1) is 0 Å². The van der Waals surface area contributed by atoms with Crippen LogP contribution in [-0.4, -0.2) is 43.7 Å². The summed E-state index contributed by atoms with van der Waals surface area (Å²) in [5, 5.41) is 3.07. The van der Waals surface area contributed by atoms with Gasteiger partial charge in [0.05, 0.1) is 13.4 Å². The molecule has 2 aliphatic rings. The molecule has 1 atom stereocenters. The summed E-state index contributed by atoms with van der Waals surface area (Å²) in [6, 6.07) is 7.81. The number of carbonyl (C=O) groups excluding carboxylic acids is 1. The Hall–Kier alpha value is -2.01. The Kier molecular flexibility index (Phi) is 6.34. The molecule has 1 N–H and O–H groups in total. The van der Waals surface area contributed by atoms with Gasteiger partial charge in [-0.3, -0.25) is 9.69 Å². The zero-order valence-electron chi connectivity index (χ0n) is 14.9. The lowest BCUT2D eigenvalue weighted by Crippen LogP contribution is -2.43. The van der Waals surface area contributed by atoms with Crippen LogP contribution < -0.4 is 10.1 Å². The van der Waals surface area contributed by atoms with Crippen molar-refractivity contribution in [3.8, 4) is 5.75 Å². The highest BCUT2D eigenvalue weighted by molar-refractivity contribution is 5.78. The summed E-state index contributed by atoms with van der Waals surface area (Å²) in [4.78, 5) is 14.8. The molecule has 1 saturated heterocycles. The van der Waals surface area contributed by atoms with Crippen molar-refractivity contribution in [3.63, 3.8) is 0 Å². The highest BCUT2D eigenvalue weighted by Gasteiger charge is 2.26. The molecule has 3 rings (SSSR count). The van der Waals surface area contributed by atoms with Gasteiger partial charge in [0.25, 0.3) is 0 Å². The first-order chi connectivity index (χ1) is 12.2. The average Bonchev–Trinajstić information content (AvgIpc) is 2.68. The highest BCUT2D eigenvalue weighted by atomic mass is 16.5. The van der Waals surface area contributed by atoms with E-state index >= 15 is 0 Å². The molecule has 1 fully saturated rings. The number of allylic oxidation sites excluding steroid dienone is 1. The van der Waals surface area contributed by atoms with Crippen molar-refractivity contribution in [2.75, 3.05) is 26.7 Å². The maximum Gasteiger partial charge on any atom is 0.223 e. The van der Waals surface area contributed by atoms with Crippen LogP contribution >= 0.6 is 0 Å². The number of hydrogen-bond acceptors (Lipinski definition) is 4. The van der Waals surface area contributed by atoms with Gasteiger partial charge in [-0.1, -0.05) is 12.1 Å². The Morgan fingerprint density at radius 1 is 1.24 bits per heavy atom. The van der Waals surface area contributed by atoms with Gasteiger partial charge in [-0.2, -0.15) is 0 Å². The summed E-state index contributed by atoms with van der Waals surface area (Å²) in [5.74, 6) is 1.13. The van der Waals surface area contributed by atoms with Crippen LogP contribution in [0, 0.1) is 5.92 Å². The van der Waals surface area contributed by atoms with E-state index in [1.54, 1.807) is 7.11 Å². The van der Waals surface area contributed by atoms with Crippen LogP contribution in [0.15, 0.2) is 36.6 Å². The number of amides is 1. The maximum absolute atomic E-state index is 12.4. The average molecular weight is 344 g/mol. The highest BCUT2D eigenvalue weighted by Crippen LogP contribution is 2.20. The second kappa shape index (κ2) is 8.90. The summed E-state index contributed by atoms with van der Waals surface area (Å²) in [7, 11) is 1.65. The van der Waals surface area contributed by atoms with Crippen molar-refractivity contribution >= 4 is 5.91 Å². The summed E-state index contributed by atoms with van der Waals surface area (Å²) < 4.78 is 10.8. The Morgan fingerprint density at radius 3 is 2.64 bits per heavy atom. The van der Waals surface area contributed by atoms with Crippen molar-refractivity contribution in [3.05, 3.63) is 42.2 Å². The van der Waals surface area contributed by atoms with Crippen molar-refractivity contribution in [2.45, 2.75) is 38.3 Å². The number of rotatable bonds is 6. The van der Waals surface area contributed by atoms with E-state index in [4.69, 9.17) is 9.47 Å². The second-order valence-electron chi connectivity index (χ2n) is 6.85. The molecule has 2 heterocycles. The molecule has 25 heavy (non-hydrogen) atoms. The van der Waals surface area contributed by atoms with Crippen molar-refractivity contribution < 1.29 is 14.3 Å². The summed E-state index contributed by atoms with van der Waals surface area (Å²) in [6.45, 7) is 3.50. The Balaban J connectivity index is 1.38. The maximum atomic E-state index is 12.4. The first kappa shape index (κ1) is 17.8. The second-order valence-corrected chi connectivity index (χ2v) is 6.85. The van der Waals surface area contributed by atoms with E-state index in [-0.39, 0.29) is 11.8 Å². The fraction of sp³-hybridized carbons (Fsp3) is 0.550. The van der Waals surface area contributed by atoms with E-state index in [9.17, 15) is 4.79 Å². The molecule has 1 aromatic rings. The van der Waals surface area contributed by atoms with E-state index in [1.807, 2.05) is 30.5 Å². The zero-order valence-corrected chi connectivity index (χ0v) is 14.9. The number of methoxy groups -OCH3 is 1. The minimum Gasteiger partial charge on any atom is -0.497 e. The van der Waals surface area contributed by atoms with Crippen LogP contribution in [-0.2, 0) is 16.1 Å². The lowest BCUT2D eigenvalue weighted by atomic mass is 9.95. The molecule has 0 bridgehead atoms. The molecule has 0 unspecified atom stereocenters. The number of hydrogen-bond donors (Lipinski definition) is 1. The molecule has 2 aliphatic heterocycles. The summed E-state index contributed by atoms with van der Waals surface area (Å²) >= 11 is 0. The Bertz CT molecular complexity index is 577. The molecule has 5 heteroatoms. The Morgan fingerprint density at radius 2 is 2.00 bits per heavy atom. The topological polar surface area (TPSA) is 50.8 Å². The van der Waals surface area contributed by atoms with E-state index in [1.165, 1.54) is 0 Å². The number of likely N-dealkylation sites (tertiary alicyclic amines) is 1. The smallest absolute Gasteiger partial charge is 0.223 e. The van der Waals surface area contributed by atoms with E-state index in [2.05, 4.69) is 16.3 Å². The number of carbonyl (C=O) groups is 1. The lowest BCUT2D eigenvalue weighted by molar-refractivity contribution is -0.126. The Labute approximate surface area is 150 Å². The summed E-state index contributed by atoms with van der Waals surface area (Å²) in [5.41, 5.74) is 1.09. The first-order valence-electron chi connectivity index (χ1n) is 9.18. The number of piperidine rings is 1. The lowest BCUT2D eigenvalue weighted by Gasteiger charge is -2.34. The molecule has 0 spiro atoms. The van der Waals surface area contributed by atoms with Gasteiger partial charge in [-0.05, 0) is 62.5 Å². The minimum absolute atomic E-state index is 0.127. The van der Waals surface area contributed by atoms with Crippen molar-refractivity contribution in [2.24, 2.45) is 5.92 Å². The molecule has 0 aliphatic carbocycles. The van der Waals surface area contributed by atoms with Crippen LogP contribution in [0.4, 0.5) is 0 Å². The van der Waals surface area contributed by atoms with E-state index < -0.39 is 0 Å². The fourth-order valence-electron chi connectivity index (χ4n) is 3.46. The van der Waals surface area contributed by atoms with Gasteiger partial charge in [0.15, 0.2) is 0 Å². The minimum atomic E-state index is 0.127.